The maximum atomic E-state index is 12.4. The number of halogens is 1. The molecule has 0 aliphatic rings. The van der Waals surface area contributed by atoms with Gasteiger partial charge in [-0.1, -0.05) is 31.9 Å². The standard InChI is InChI=1S/C19H24ClN3O3/c1-3-14(2)17(22-18(24)15-6-8-16(20)9-7-15)19(25)26-13-5-12-23-11-4-10-21-23/h4,6-11,14,17H,3,5,12-13H2,1-2H3,(H,22,24). The number of hydrogen-bond donors (Lipinski definition) is 1. The van der Waals surface area contributed by atoms with Gasteiger partial charge in [0.25, 0.3) is 5.91 Å². The molecule has 0 saturated carbocycles. The van der Waals surface area contributed by atoms with E-state index in [-0.39, 0.29) is 18.4 Å². The van der Waals surface area contributed by atoms with Crippen molar-refractivity contribution in [2.24, 2.45) is 5.92 Å². The number of benzene rings is 1. The molecular weight excluding hydrogens is 354 g/mol. The number of nitrogens with one attached hydrogen (secondary N) is 1. The lowest BCUT2D eigenvalue weighted by atomic mass is 9.99. The number of hydrogen-bond acceptors (Lipinski definition) is 4. The quantitative estimate of drug-likeness (QED) is 0.537. The van der Waals surface area contributed by atoms with E-state index in [9.17, 15) is 9.59 Å². The number of carbonyl (C=O) groups excluding carboxylic acids is 2. The van der Waals surface area contributed by atoms with Crippen LogP contribution < -0.4 is 5.32 Å². The molecule has 26 heavy (non-hydrogen) atoms. The Morgan fingerprint density at radius 3 is 2.65 bits per heavy atom. The van der Waals surface area contributed by atoms with Gasteiger partial charge < -0.3 is 10.1 Å². The molecule has 1 N–H and O–H groups in total. The molecule has 0 bridgehead atoms. The molecule has 140 valence electrons. The van der Waals surface area contributed by atoms with E-state index >= 15 is 0 Å². The Morgan fingerprint density at radius 2 is 2.04 bits per heavy atom. The van der Waals surface area contributed by atoms with E-state index < -0.39 is 12.0 Å². The molecule has 1 heterocycles. The normalized spacial score (nSPS) is 13.0. The largest absolute Gasteiger partial charge is 0.464 e. The molecule has 2 atom stereocenters. The summed E-state index contributed by atoms with van der Waals surface area (Å²) in [5, 5.41) is 7.43. The van der Waals surface area contributed by atoms with Crippen LogP contribution in [0.2, 0.25) is 5.02 Å². The highest BCUT2D eigenvalue weighted by Crippen LogP contribution is 2.13. The molecule has 1 amide bonds. The lowest BCUT2D eigenvalue weighted by molar-refractivity contribution is -0.147. The first-order valence-corrected chi connectivity index (χ1v) is 9.09. The third kappa shape index (κ3) is 5.88. The maximum absolute atomic E-state index is 12.4. The third-order valence-corrected chi connectivity index (χ3v) is 4.45. The Hall–Kier alpha value is -2.34. The summed E-state index contributed by atoms with van der Waals surface area (Å²) in [6.45, 7) is 4.84. The number of nitrogens with zero attached hydrogens (tertiary/aromatic N) is 2. The van der Waals surface area contributed by atoms with E-state index in [1.54, 1.807) is 35.1 Å². The number of carbonyl (C=O) groups is 2. The Labute approximate surface area is 158 Å². The first-order chi connectivity index (χ1) is 12.5. The van der Waals surface area contributed by atoms with Gasteiger partial charge >= 0.3 is 5.97 Å². The van der Waals surface area contributed by atoms with Crippen molar-refractivity contribution in [2.45, 2.75) is 39.3 Å². The molecular formula is C19H24ClN3O3. The number of aryl methyl sites for hydroxylation is 1. The van der Waals surface area contributed by atoms with Crippen LogP contribution in [0, 0.1) is 5.92 Å². The summed E-state index contributed by atoms with van der Waals surface area (Å²) in [5.74, 6) is -0.771. The van der Waals surface area contributed by atoms with Crippen LogP contribution >= 0.6 is 11.6 Å². The fourth-order valence-corrected chi connectivity index (χ4v) is 2.54. The molecule has 0 saturated heterocycles. The van der Waals surface area contributed by atoms with Gasteiger partial charge in [-0.15, -0.1) is 0 Å². The SMILES string of the molecule is CCC(C)C(NC(=O)c1ccc(Cl)cc1)C(=O)OCCCn1cccn1. The highest BCUT2D eigenvalue weighted by atomic mass is 35.5. The lowest BCUT2D eigenvalue weighted by Gasteiger charge is -2.22. The van der Waals surface area contributed by atoms with Crippen LogP contribution in [0.5, 0.6) is 0 Å². The molecule has 1 aromatic carbocycles. The van der Waals surface area contributed by atoms with E-state index in [0.29, 0.717) is 23.6 Å². The molecule has 0 radical (unpaired) electrons. The van der Waals surface area contributed by atoms with Gasteiger partial charge in [0.1, 0.15) is 6.04 Å². The second-order valence-corrected chi connectivity index (χ2v) is 6.57. The highest BCUT2D eigenvalue weighted by molar-refractivity contribution is 6.30. The lowest BCUT2D eigenvalue weighted by Crippen LogP contribution is -2.46. The summed E-state index contributed by atoms with van der Waals surface area (Å²) in [7, 11) is 0. The van der Waals surface area contributed by atoms with E-state index in [4.69, 9.17) is 16.3 Å². The summed E-state index contributed by atoms with van der Waals surface area (Å²) in [5.41, 5.74) is 0.453. The minimum absolute atomic E-state index is 0.0372. The zero-order valence-electron chi connectivity index (χ0n) is 15.0. The van der Waals surface area contributed by atoms with Crippen LogP contribution in [0.1, 0.15) is 37.0 Å². The van der Waals surface area contributed by atoms with Crippen molar-refractivity contribution in [1.29, 1.82) is 0 Å². The zero-order valence-corrected chi connectivity index (χ0v) is 15.8. The monoisotopic (exact) mass is 377 g/mol. The van der Waals surface area contributed by atoms with E-state index in [0.717, 1.165) is 6.42 Å². The molecule has 0 fully saturated rings. The van der Waals surface area contributed by atoms with Gasteiger partial charge in [0.15, 0.2) is 0 Å². The van der Waals surface area contributed by atoms with E-state index in [2.05, 4.69) is 10.4 Å². The molecule has 0 aliphatic heterocycles. The van der Waals surface area contributed by atoms with Crippen LogP contribution in [0.4, 0.5) is 0 Å². The number of ether oxygens (including phenoxy) is 1. The molecule has 7 heteroatoms. The topological polar surface area (TPSA) is 73.2 Å². The Bertz CT molecular complexity index is 701. The third-order valence-electron chi connectivity index (χ3n) is 4.19. The number of aromatic nitrogens is 2. The fraction of sp³-hybridized carbons (Fsp3) is 0.421. The average molecular weight is 378 g/mol. The van der Waals surface area contributed by atoms with Crippen molar-refractivity contribution in [3.05, 3.63) is 53.3 Å². The predicted molar refractivity (Wildman–Crippen MR) is 100.0 cm³/mol. The second-order valence-electron chi connectivity index (χ2n) is 6.13. The van der Waals surface area contributed by atoms with Crippen molar-refractivity contribution >= 4 is 23.5 Å². The van der Waals surface area contributed by atoms with Crippen LogP contribution in [0.15, 0.2) is 42.7 Å². The van der Waals surface area contributed by atoms with Crippen molar-refractivity contribution in [1.82, 2.24) is 15.1 Å². The van der Waals surface area contributed by atoms with E-state index in [1.807, 2.05) is 26.1 Å². The van der Waals surface area contributed by atoms with Gasteiger partial charge in [0.05, 0.1) is 6.61 Å². The molecule has 2 rings (SSSR count). The van der Waals surface area contributed by atoms with Gasteiger partial charge in [-0.2, -0.15) is 5.10 Å². The Kier molecular flexibility index (Phi) is 7.66. The van der Waals surface area contributed by atoms with Crippen molar-refractivity contribution < 1.29 is 14.3 Å². The smallest absolute Gasteiger partial charge is 0.328 e. The van der Waals surface area contributed by atoms with Gasteiger partial charge in [0, 0.05) is 35.9 Å². The summed E-state index contributed by atoms with van der Waals surface area (Å²) < 4.78 is 7.15. The van der Waals surface area contributed by atoms with E-state index in [1.165, 1.54) is 0 Å². The van der Waals surface area contributed by atoms with Crippen molar-refractivity contribution in [2.75, 3.05) is 6.61 Å². The maximum Gasteiger partial charge on any atom is 0.328 e. The molecule has 0 aliphatic carbocycles. The van der Waals surface area contributed by atoms with Gasteiger partial charge in [-0.25, -0.2) is 4.79 Å². The zero-order chi connectivity index (χ0) is 18.9. The average Bonchev–Trinajstić information content (AvgIpc) is 3.16. The summed E-state index contributed by atoms with van der Waals surface area (Å²) in [6.07, 6.45) is 4.97. The van der Waals surface area contributed by atoms with Crippen LogP contribution in [0.25, 0.3) is 0 Å². The van der Waals surface area contributed by atoms with Crippen molar-refractivity contribution in [3.63, 3.8) is 0 Å². The van der Waals surface area contributed by atoms with Gasteiger partial charge in [-0.05, 0) is 36.2 Å². The highest BCUT2D eigenvalue weighted by Gasteiger charge is 2.27. The van der Waals surface area contributed by atoms with Gasteiger partial charge in [-0.3, -0.25) is 9.48 Å². The number of rotatable bonds is 9. The summed E-state index contributed by atoms with van der Waals surface area (Å²) >= 11 is 5.84. The Balaban J connectivity index is 1.89. The molecule has 2 aromatic rings. The predicted octanol–water partition coefficient (Wildman–Crippen LogP) is 3.31. The molecule has 2 unspecified atom stereocenters. The summed E-state index contributed by atoms with van der Waals surface area (Å²) in [6, 6.07) is 7.69. The molecule has 6 nitrogen and oxygen atoms in total. The Morgan fingerprint density at radius 1 is 1.31 bits per heavy atom. The number of esters is 1. The first kappa shape index (κ1) is 20.0. The minimum Gasteiger partial charge on any atom is -0.464 e. The minimum atomic E-state index is -0.687. The second kappa shape index (κ2) is 9.97. The summed E-state index contributed by atoms with van der Waals surface area (Å²) in [4.78, 5) is 24.8. The van der Waals surface area contributed by atoms with Crippen molar-refractivity contribution in [3.8, 4) is 0 Å². The van der Waals surface area contributed by atoms with Gasteiger partial charge in [0.2, 0.25) is 0 Å². The van der Waals surface area contributed by atoms with Crippen LogP contribution in [0.3, 0.4) is 0 Å². The molecule has 1 aromatic heterocycles. The first-order valence-electron chi connectivity index (χ1n) is 8.71. The fourth-order valence-electron chi connectivity index (χ4n) is 2.42. The van der Waals surface area contributed by atoms with Crippen LogP contribution in [-0.4, -0.2) is 34.3 Å². The number of amides is 1. The van der Waals surface area contributed by atoms with Crippen LogP contribution in [-0.2, 0) is 16.1 Å². The molecule has 0 spiro atoms.